The smallest absolute Gasteiger partial charge is 0.155 e. The van der Waals surface area contributed by atoms with Crippen LogP contribution < -0.4 is 5.32 Å². The molecule has 0 radical (unpaired) electrons. The van der Waals surface area contributed by atoms with Gasteiger partial charge in [0.2, 0.25) is 0 Å². The minimum absolute atomic E-state index is 0.591. The monoisotopic (exact) mass is 259 g/mol. The van der Waals surface area contributed by atoms with Crippen LogP contribution in [0.3, 0.4) is 0 Å². The molecular weight excluding hydrogens is 238 g/mol. The molecule has 1 unspecified atom stereocenters. The average molecular weight is 259 g/mol. The normalized spacial score (nSPS) is 21.1. The zero-order valence-corrected chi connectivity index (χ0v) is 11.6. The van der Waals surface area contributed by atoms with Gasteiger partial charge in [-0.2, -0.15) is 5.10 Å². The van der Waals surface area contributed by atoms with Crippen LogP contribution in [0.15, 0.2) is 18.5 Å². The largest absolute Gasteiger partial charge is 0.309 e. The van der Waals surface area contributed by atoms with Gasteiger partial charge in [-0.05, 0) is 33.4 Å². The molecule has 1 N–H and O–H groups in total. The molecule has 3 heterocycles. The lowest BCUT2D eigenvalue weighted by Crippen LogP contribution is -2.43. The molecule has 2 aromatic rings. The molecule has 1 atom stereocenters. The van der Waals surface area contributed by atoms with Crippen LogP contribution in [0.2, 0.25) is 0 Å². The topological polar surface area (TPSA) is 45.5 Å². The molecule has 1 saturated heterocycles. The first kappa shape index (κ1) is 12.6. The summed E-state index contributed by atoms with van der Waals surface area (Å²) in [7, 11) is 2.19. The van der Waals surface area contributed by atoms with Crippen LogP contribution in [0, 0.1) is 6.92 Å². The van der Waals surface area contributed by atoms with Crippen molar-refractivity contribution >= 4 is 5.65 Å². The van der Waals surface area contributed by atoms with Gasteiger partial charge in [0, 0.05) is 43.2 Å². The number of nitrogens with one attached hydrogen (secondary N) is 1. The van der Waals surface area contributed by atoms with Crippen LogP contribution in [0.5, 0.6) is 0 Å². The molecular formula is C14H21N5. The van der Waals surface area contributed by atoms with Gasteiger partial charge in [-0.3, -0.25) is 0 Å². The van der Waals surface area contributed by atoms with Gasteiger partial charge in [-0.25, -0.2) is 9.50 Å². The lowest BCUT2D eigenvalue weighted by Gasteiger charge is -2.30. The molecule has 0 spiro atoms. The van der Waals surface area contributed by atoms with E-state index in [1.54, 1.807) is 0 Å². The van der Waals surface area contributed by atoms with E-state index in [0.29, 0.717) is 6.04 Å². The van der Waals surface area contributed by atoms with Crippen molar-refractivity contribution in [2.24, 2.45) is 0 Å². The van der Waals surface area contributed by atoms with Crippen molar-refractivity contribution in [3.8, 4) is 0 Å². The Morgan fingerprint density at radius 1 is 1.47 bits per heavy atom. The Hall–Kier alpha value is -1.46. The molecule has 5 nitrogen and oxygen atoms in total. The summed E-state index contributed by atoms with van der Waals surface area (Å²) >= 11 is 0. The fraction of sp³-hybridized carbons (Fsp3) is 0.571. The highest BCUT2D eigenvalue weighted by atomic mass is 15.2. The predicted molar refractivity (Wildman–Crippen MR) is 75.1 cm³/mol. The lowest BCUT2D eigenvalue weighted by molar-refractivity contribution is 0.226. The summed E-state index contributed by atoms with van der Waals surface area (Å²) < 4.78 is 1.86. The number of hydrogen-bond donors (Lipinski definition) is 1. The number of aromatic nitrogens is 3. The van der Waals surface area contributed by atoms with Gasteiger partial charge in [0.05, 0.1) is 5.69 Å². The molecule has 2 aromatic heterocycles. The standard InChI is InChI=1S/C14H21N5/c1-11-6-14-16-8-12(9-19(14)17-11)7-15-13-4-3-5-18(2)10-13/h6,8-9,13,15H,3-5,7,10H2,1-2H3. The van der Waals surface area contributed by atoms with Crippen LogP contribution >= 0.6 is 0 Å². The number of hydrogen-bond acceptors (Lipinski definition) is 4. The molecule has 0 saturated carbocycles. The third kappa shape index (κ3) is 2.93. The third-order valence-corrected chi connectivity index (χ3v) is 3.71. The van der Waals surface area contributed by atoms with Crippen molar-refractivity contribution in [2.45, 2.75) is 32.4 Å². The van der Waals surface area contributed by atoms with Gasteiger partial charge >= 0.3 is 0 Å². The molecule has 19 heavy (non-hydrogen) atoms. The highest BCUT2D eigenvalue weighted by Gasteiger charge is 2.16. The summed E-state index contributed by atoms with van der Waals surface area (Å²) in [6.45, 7) is 5.21. The fourth-order valence-electron chi connectivity index (χ4n) is 2.72. The quantitative estimate of drug-likeness (QED) is 0.900. The van der Waals surface area contributed by atoms with E-state index in [9.17, 15) is 0 Å². The second-order valence-electron chi connectivity index (χ2n) is 5.53. The Kier molecular flexibility index (Phi) is 3.48. The van der Waals surface area contributed by atoms with Crippen molar-refractivity contribution in [2.75, 3.05) is 20.1 Å². The third-order valence-electron chi connectivity index (χ3n) is 3.71. The maximum absolute atomic E-state index is 4.43. The first-order valence-corrected chi connectivity index (χ1v) is 6.93. The van der Waals surface area contributed by atoms with Crippen LogP contribution in [0.1, 0.15) is 24.1 Å². The molecule has 1 aliphatic heterocycles. The van der Waals surface area contributed by atoms with Gasteiger partial charge in [-0.1, -0.05) is 0 Å². The molecule has 5 heteroatoms. The number of nitrogens with zero attached hydrogens (tertiary/aromatic N) is 4. The molecule has 0 aromatic carbocycles. The maximum Gasteiger partial charge on any atom is 0.155 e. The summed E-state index contributed by atoms with van der Waals surface area (Å²) in [5.74, 6) is 0. The Morgan fingerprint density at radius 2 is 2.37 bits per heavy atom. The van der Waals surface area contributed by atoms with Crippen LogP contribution in [-0.2, 0) is 6.54 Å². The number of rotatable bonds is 3. The highest BCUT2D eigenvalue weighted by molar-refractivity contribution is 5.38. The summed E-state index contributed by atoms with van der Waals surface area (Å²) in [6, 6.07) is 2.58. The minimum Gasteiger partial charge on any atom is -0.309 e. The van der Waals surface area contributed by atoms with E-state index in [2.05, 4.69) is 33.5 Å². The zero-order chi connectivity index (χ0) is 13.2. The fourth-order valence-corrected chi connectivity index (χ4v) is 2.72. The summed E-state index contributed by atoms with van der Waals surface area (Å²) in [5, 5.41) is 8.02. The van der Waals surface area contributed by atoms with E-state index in [1.807, 2.05) is 23.7 Å². The molecule has 1 fully saturated rings. The van der Waals surface area contributed by atoms with Gasteiger partial charge < -0.3 is 10.2 Å². The van der Waals surface area contributed by atoms with Crippen LogP contribution in [-0.4, -0.2) is 45.7 Å². The first-order valence-electron chi connectivity index (χ1n) is 6.93. The molecule has 3 rings (SSSR count). The first-order chi connectivity index (χ1) is 9.20. The lowest BCUT2D eigenvalue weighted by atomic mass is 10.1. The Bertz CT molecular complexity index is 562. The zero-order valence-electron chi connectivity index (χ0n) is 11.6. The van der Waals surface area contributed by atoms with E-state index in [0.717, 1.165) is 24.4 Å². The van der Waals surface area contributed by atoms with E-state index in [-0.39, 0.29) is 0 Å². The highest BCUT2D eigenvalue weighted by Crippen LogP contribution is 2.09. The van der Waals surface area contributed by atoms with Crippen molar-refractivity contribution in [1.29, 1.82) is 0 Å². The number of aryl methyl sites for hydroxylation is 1. The summed E-state index contributed by atoms with van der Waals surface area (Å²) in [4.78, 5) is 6.82. The second kappa shape index (κ2) is 5.27. The van der Waals surface area contributed by atoms with Gasteiger partial charge in [0.15, 0.2) is 5.65 Å². The number of fused-ring (bicyclic) bond motifs is 1. The maximum atomic E-state index is 4.43. The van der Waals surface area contributed by atoms with E-state index in [4.69, 9.17) is 0 Å². The van der Waals surface area contributed by atoms with E-state index in [1.165, 1.54) is 24.9 Å². The molecule has 102 valence electrons. The van der Waals surface area contributed by atoms with Gasteiger partial charge in [0.1, 0.15) is 0 Å². The molecule has 0 aliphatic carbocycles. The molecule has 1 aliphatic rings. The molecule has 0 amide bonds. The van der Waals surface area contributed by atoms with Crippen molar-refractivity contribution in [3.63, 3.8) is 0 Å². The van der Waals surface area contributed by atoms with Crippen molar-refractivity contribution in [3.05, 3.63) is 29.7 Å². The predicted octanol–water partition coefficient (Wildman–Crippen LogP) is 1.22. The van der Waals surface area contributed by atoms with Crippen LogP contribution in [0.25, 0.3) is 5.65 Å². The van der Waals surface area contributed by atoms with E-state index < -0.39 is 0 Å². The Labute approximate surface area is 113 Å². The number of likely N-dealkylation sites (N-methyl/N-ethyl adjacent to an activating group) is 1. The average Bonchev–Trinajstić information content (AvgIpc) is 2.75. The van der Waals surface area contributed by atoms with Crippen LogP contribution in [0.4, 0.5) is 0 Å². The Morgan fingerprint density at radius 3 is 3.21 bits per heavy atom. The van der Waals surface area contributed by atoms with E-state index >= 15 is 0 Å². The van der Waals surface area contributed by atoms with Gasteiger partial charge in [-0.15, -0.1) is 0 Å². The summed E-state index contributed by atoms with van der Waals surface area (Å²) in [6.07, 6.45) is 6.55. The van der Waals surface area contributed by atoms with Gasteiger partial charge in [0.25, 0.3) is 0 Å². The van der Waals surface area contributed by atoms with Crippen molar-refractivity contribution in [1.82, 2.24) is 24.8 Å². The number of piperidine rings is 1. The second-order valence-corrected chi connectivity index (χ2v) is 5.53. The van der Waals surface area contributed by atoms with Crippen molar-refractivity contribution < 1.29 is 0 Å². The minimum atomic E-state index is 0.591. The molecule has 0 bridgehead atoms. The summed E-state index contributed by atoms with van der Waals surface area (Å²) in [5.41, 5.74) is 3.11. The SMILES string of the molecule is Cc1cc2ncc(CNC3CCCN(C)C3)cn2n1. The number of likely N-dealkylation sites (tertiary alicyclic amines) is 1. The Balaban J connectivity index is 1.64.